The van der Waals surface area contributed by atoms with E-state index >= 15 is 0 Å². The second kappa shape index (κ2) is 4.07. The first kappa shape index (κ1) is 9.77. The van der Waals surface area contributed by atoms with Crippen molar-refractivity contribution in [2.45, 2.75) is 26.2 Å². The molecule has 0 heterocycles. The summed E-state index contributed by atoms with van der Waals surface area (Å²) in [5, 5.41) is 11.1. The number of carbonyl (C=O) groups excluding carboxylic acids is 1. The molecule has 0 unspecified atom stereocenters. The Morgan fingerprint density at radius 2 is 2.15 bits per heavy atom. The van der Waals surface area contributed by atoms with Crippen molar-refractivity contribution >= 4 is 11.9 Å². The number of nitrogens with one attached hydrogen (secondary N) is 1. The van der Waals surface area contributed by atoms with Gasteiger partial charge in [0.1, 0.15) is 5.70 Å². The minimum Gasteiger partial charge on any atom is -0.477 e. The fourth-order valence-corrected chi connectivity index (χ4v) is 0.976. The van der Waals surface area contributed by atoms with Crippen LogP contribution in [0.5, 0.6) is 0 Å². The third-order valence-electron chi connectivity index (χ3n) is 1.84. The van der Waals surface area contributed by atoms with Crippen molar-refractivity contribution in [1.82, 2.24) is 5.32 Å². The molecule has 1 saturated carbocycles. The third kappa shape index (κ3) is 2.89. The molecule has 1 rings (SSSR count). The molecule has 4 nitrogen and oxygen atoms in total. The van der Waals surface area contributed by atoms with Gasteiger partial charge in [0.15, 0.2) is 0 Å². The van der Waals surface area contributed by atoms with Crippen molar-refractivity contribution in [2.75, 3.05) is 0 Å². The van der Waals surface area contributed by atoms with E-state index in [1.807, 2.05) is 6.92 Å². The van der Waals surface area contributed by atoms with E-state index in [1.165, 1.54) is 6.08 Å². The molecular weight excluding hydrogens is 170 g/mol. The normalized spacial score (nSPS) is 16.8. The lowest BCUT2D eigenvalue weighted by Gasteiger charge is -2.03. The summed E-state index contributed by atoms with van der Waals surface area (Å²) in [6.45, 7) is 1.83. The fraction of sp³-hybridized carbons (Fsp3) is 0.556. The molecule has 0 atom stereocenters. The average Bonchev–Trinajstić information content (AvgIpc) is 2.85. The van der Waals surface area contributed by atoms with Gasteiger partial charge in [-0.05, 0) is 19.3 Å². The first-order valence-electron chi connectivity index (χ1n) is 4.39. The Hall–Kier alpha value is -1.32. The van der Waals surface area contributed by atoms with Crippen molar-refractivity contribution < 1.29 is 14.7 Å². The highest BCUT2D eigenvalue weighted by Crippen LogP contribution is 2.28. The van der Waals surface area contributed by atoms with Gasteiger partial charge in [0.2, 0.25) is 5.91 Å². The molecular formula is C9H13NO3. The predicted octanol–water partition coefficient (Wildman–Crippen LogP) is 0.891. The van der Waals surface area contributed by atoms with Crippen LogP contribution in [0.25, 0.3) is 0 Å². The van der Waals surface area contributed by atoms with Crippen LogP contribution in [0, 0.1) is 5.92 Å². The predicted molar refractivity (Wildman–Crippen MR) is 46.9 cm³/mol. The molecule has 4 heteroatoms. The van der Waals surface area contributed by atoms with Crippen LogP contribution in [-0.2, 0) is 9.59 Å². The van der Waals surface area contributed by atoms with Gasteiger partial charge in [-0.15, -0.1) is 0 Å². The maximum absolute atomic E-state index is 11.2. The van der Waals surface area contributed by atoms with Crippen LogP contribution in [0.4, 0.5) is 0 Å². The summed E-state index contributed by atoms with van der Waals surface area (Å²) in [6, 6.07) is 0. The Balaban J connectivity index is 2.51. The van der Waals surface area contributed by atoms with E-state index in [2.05, 4.69) is 5.32 Å². The molecule has 0 aromatic rings. The summed E-state index contributed by atoms with van der Waals surface area (Å²) in [4.78, 5) is 21.8. The molecule has 1 aliphatic carbocycles. The first-order chi connectivity index (χ1) is 6.15. The lowest BCUT2D eigenvalue weighted by molar-refractivity contribution is -0.134. The Morgan fingerprint density at radius 1 is 1.54 bits per heavy atom. The summed E-state index contributed by atoms with van der Waals surface area (Å²) in [7, 11) is 0. The SMILES string of the molecule is CCC=C(NC(=O)C1CC1)C(=O)O. The number of aliphatic carboxylic acids is 1. The van der Waals surface area contributed by atoms with Gasteiger partial charge >= 0.3 is 5.97 Å². The van der Waals surface area contributed by atoms with Gasteiger partial charge in [0.05, 0.1) is 0 Å². The number of carbonyl (C=O) groups is 2. The van der Waals surface area contributed by atoms with Crippen molar-refractivity contribution in [3.8, 4) is 0 Å². The first-order valence-corrected chi connectivity index (χ1v) is 4.39. The van der Waals surface area contributed by atoms with Gasteiger partial charge in [-0.1, -0.05) is 13.0 Å². The molecule has 13 heavy (non-hydrogen) atoms. The van der Waals surface area contributed by atoms with Crippen molar-refractivity contribution in [3.63, 3.8) is 0 Å². The van der Waals surface area contributed by atoms with Crippen LogP contribution in [0.15, 0.2) is 11.8 Å². The number of carboxylic acids is 1. The lowest BCUT2D eigenvalue weighted by Crippen LogP contribution is -2.28. The van der Waals surface area contributed by atoms with Crippen LogP contribution >= 0.6 is 0 Å². The smallest absolute Gasteiger partial charge is 0.352 e. The molecule has 1 amide bonds. The number of rotatable bonds is 4. The van der Waals surface area contributed by atoms with Crippen molar-refractivity contribution in [3.05, 3.63) is 11.8 Å². The largest absolute Gasteiger partial charge is 0.477 e. The van der Waals surface area contributed by atoms with Gasteiger partial charge in [-0.3, -0.25) is 4.79 Å². The van der Waals surface area contributed by atoms with E-state index in [0.29, 0.717) is 6.42 Å². The van der Waals surface area contributed by atoms with Crippen molar-refractivity contribution in [1.29, 1.82) is 0 Å². The minimum atomic E-state index is -1.07. The fourth-order valence-electron chi connectivity index (χ4n) is 0.976. The van der Waals surface area contributed by atoms with Crippen LogP contribution in [0.3, 0.4) is 0 Å². The average molecular weight is 183 g/mol. The topological polar surface area (TPSA) is 66.4 Å². The Kier molecular flexibility index (Phi) is 3.06. The van der Waals surface area contributed by atoms with E-state index in [9.17, 15) is 9.59 Å². The van der Waals surface area contributed by atoms with Gasteiger partial charge in [-0.2, -0.15) is 0 Å². The maximum Gasteiger partial charge on any atom is 0.352 e. The van der Waals surface area contributed by atoms with Crippen LogP contribution in [0.1, 0.15) is 26.2 Å². The number of carboxylic acid groups (broad SMARTS) is 1. The maximum atomic E-state index is 11.2. The molecule has 72 valence electrons. The van der Waals surface area contributed by atoms with Gasteiger partial charge in [0, 0.05) is 5.92 Å². The summed E-state index contributed by atoms with van der Waals surface area (Å²) in [5.41, 5.74) is -0.000556. The molecule has 0 bridgehead atoms. The Bertz CT molecular complexity index is 254. The summed E-state index contributed by atoms with van der Waals surface area (Å²) >= 11 is 0. The zero-order chi connectivity index (χ0) is 9.84. The molecule has 0 aromatic carbocycles. The van der Waals surface area contributed by atoms with E-state index in [-0.39, 0.29) is 17.5 Å². The molecule has 0 saturated heterocycles. The van der Waals surface area contributed by atoms with Crippen LogP contribution < -0.4 is 5.32 Å². The Morgan fingerprint density at radius 3 is 2.54 bits per heavy atom. The third-order valence-corrected chi connectivity index (χ3v) is 1.84. The molecule has 0 aromatic heterocycles. The van der Waals surface area contributed by atoms with Gasteiger partial charge < -0.3 is 10.4 Å². The van der Waals surface area contributed by atoms with E-state index < -0.39 is 5.97 Å². The minimum absolute atomic E-state index is 0.000556. The molecule has 0 aliphatic heterocycles. The zero-order valence-electron chi connectivity index (χ0n) is 7.54. The van der Waals surface area contributed by atoms with Crippen molar-refractivity contribution in [2.24, 2.45) is 5.92 Å². The number of hydrogen-bond acceptors (Lipinski definition) is 2. The number of amides is 1. The monoisotopic (exact) mass is 183 g/mol. The van der Waals surface area contributed by atoms with Gasteiger partial charge in [0.25, 0.3) is 0 Å². The summed E-state index contributed by atoms with van der Waals surface area (Å²) in [5.74, 6) is -1.20. The molecule has 0 radical (unpaired) electrons. The number of allylic oxidation sites excluding steroid dienone is 1. The molecule has 2 N–H and O–H groups in total. The summed E-state index contributed by atoms with van der Waals surface area (Å²) in [6.07, 6.45) is 3.87. The van der Waals surface area contributed by atoms with E-state index in [0.717, 1.165) is 12.8 Å². The molecule has 0 spiro atoms. The van der Waals surface area contributed by atoms with Crippen LogP contribution in [0.2, 0.25) is 0 Å². The lowest BCUT2D eigenvalue weighted by atomic mass is 10.3. The second-order valence-corrected chi connectivity index (χ2v) is 3.09. The molecule has 1 aliphatic rings. The van der Waals surface area contributed by atoms with Gasteiger partial charge in [-0.25, -0.2) is 4.79 Å². The molecule has 1 fully saturated rings. The number of hydrogen-bond donors (Lipinski definition) is 2. The van der Waals surface area contributed by atoms with Crippen LogP contribution in [-0.4, -0.2) is 17.0 Å². The highest BCUT2D eigenvalue weighted by molar-refractivity contribution is 5.93. The highest BCUT2D eigenvalue weighted by atomic mass is 16.4. The zero-order valence-corrected chi connectivity index (χ0v) is 7.54. The highest BCUT2D eigenvalue weighted by Gasteiger charge is 2.30. The van der Waals surface area contributed by atoms with E-state index in [1.54, 1.807) is 0 Å². The standard InChI is InChI=1S/C9H13NO3/c1-2-3-7(9(12)13)10-8(11)6-4-5-6/h3,6H,2,4-5H2,1H3,(H,10,11)(H,12,13). The quantitative estimate of drug-likeness (QED) is 0.636. The Labute approximate surface area is 76.6 Å². The second-order valence-electron chi connectivity index (χ2n) is 3.09. The summed E-state index contributed by atoms with van der Waals surface area (Å²) < 4.78 is 0. The van der Waals surface area contributed by atoms with E-state index in [4.69, 9.17) is 5.11 Å².